The summed E-state index contributed by atoms with van der Waals surface area (Å²) in [5.41, 5.74) is 2.71. The van der Waals surface area contributed by atoms with Gasteiger partial charge in [-0.3, -0.25) is 0 Å². The summed E-state index contributed by atoms with van der Waals surface area (Å²) in [4.78, 5) is 4.21. The van der Waals surface area contributed by atoms with E-state index in [2.05, 4.69) is 52.8 Å². The molecule has 0 radical (unpaired) electrons. The first-order valence-electron chi connectivity index (χ1n) is 5.99. The highest BCUT2D eigenvalue weighted by Crippen LogP contribution is 2.26. The quantitative estimate of drug-likeness (QED) is 0.823. The molecule has 0 aliphatic heterocycles. The van der Waals surface area contributed by atoms with E-state index in [1.165, 1.54) is 22.7 Å². The molecule has 1 aromatic carbocycles. The largest absolute Gasteiger partial charge is 0.309 e. The molecule has 1 aromatic heterocycles. The number of aromatic nitrogens is 2. The third-order valence-corrected chi connectivity index (χ3v) is 4.62. The van der Waals surface area contributed by atoms with Gasteiger partial charge in [0.15, 0.2) is 4.34 Å². The molecule has 0 aliphatic rings. The normalized spacial score (nSPS) is 12.6. The zero-order valence-corrected chi connectivity index (χ0v) is 12.2. The lowest BCUT2D eigenvalue weighted by Crippen LogP contribution is -2.23. The number of hydrogen-bond acceptors (Lipinski definition) is 5. The molecule has 5 heteroatoms. The Bertz CT molecular complexity index is 471. The van der Waals surface area contributed by atoms with Crippen molar-refractivity contribution in [2.75, 3.05) is 12.3 Å². The molecule has 0 amide bonds. The van der Waals surface area contributed by atoms with Crippen LogP contribution in [-0.2, 0) is 0 Å². The summed E-state index contributed by atoms with van der Waals surface area (Å²) < 4.78 is 5.06. The molecule has 2 aromatic rings. The number of thioether (sulfide) groups is 1. The lowest BCUT2D eigenvalue weighted by molar-refractivity contribution is 0.603. The number of rotatable bonds is 6. The van der Waals surface area contributed by atoms with Crippen molar-refractivity contribution in [2.24, 2.45) is 0 Å². The van der Waals surface area contributed by atoms with E-state index in [0.29, 0.717) is 6.04 Å². The molecule has 96 valence electrons. The van der Waals surface area contributed by atoms with Crippen molar-refractivity contribution in [3.8, 4) is 0 Å². The van der Waals surface area contributed by atoms with E-state index in [4.69, 9.17) is 0 Å². The standard InChI is InChI=1S/C13H17N3S2/c1-3-14-12(8-17-13-15-9-16-18-13)11-7-5-4-6-10(11)2/h4-7,9,12,14H,3,8H2,1-2H3. The summed E-state index contributed by atoms with van der Waals surface area (Å²) in [5, 5.41) is 3.54. The first kappa shape index (κ1) is 13.5. The molecule has 1 unspecified atom stereocenters. The van der Waals surface area contributed by atoms with Gasteiger partial charge in [0.25, 0.3) is 0 Å². The smallest absolute Gasteiger partial charge is 0.169 e. The van der Waals surface area contributed by atoms with Crippen LogP contribution in [0, 0.1) is 6.92 Å². The molecule has 0 aliphatic carbocycles. The van der Waals surface area contributed by atoms with Crippen molar-refractivity contribution in [3.05, 3.63) is 41.7 Å². The molecule has 0 bridgehead atoms. The predicted molar refractivity (Wildman–Crippen MR) is 78.2 cm³/mol. The molecule has 18 heavy (non-hydrogen) atoms. The second-order valence-corrected chi connectivity index (χ2v) is 6.03. The first-order valence-corrected chi connectivity index (χ1v) is 7.75. The third kappa shape index (κ3) is 3.54. The van der Waals surface area contributed by atoms with Crippen LogP contribution in [0.2, 0.25) is 0 Å². The zero-order chi connectivity index (χ0) is 12.8. The van der Waals surface area contributed by atoms with Crippen molar-refractivity contribution >= 4 is 23.3 Å². The summed E-state index contributed by atoms with van der Waals surface area (Å²) >= 11 is 3.22. The Morgan fingerprint density at radius 2 is 2.22 bits per heavy atom. The van der Waals surface area contributed by atoms with Gasteiger partial charge in [0.2, 0.25) is 0 Å². The van der Waals surface area contributed by atoms with E-state index in [9.17, 15) is 0 Å². The van der Waals surface area contributed by atoms with Gasteiger partial charge in [-0.2, -0.15) is 4.37 Å². The SMILES string of the molecule is CCNC(CSc1ncns1)c1ccccc1C. The van der Waals surface area contributed by atoms with E-state index in [1.807, 2.05) is 0 Å². The van der Waals surface area contributed by atoms with Gasteiger partial charge in [-0.05, 0) is 36.1 Å². The second-order valence-electron chi connectivity index (χ2n) is 3.99. The fraction of sp³-hybridized carbons (Fsp3) is 0.385. The Morgan fingerprint density at radius 3 is 2.89 bits per heavy atom. The van der Waals surface area contributed by atoms with Gasteiger partial charge in [0, 0.05) is 11.8 Å². The highest BCUT2D eigenvalue weighted by atomic mass is 32.2. The van der Waals surface area contributed by atoms with Crippen LogP contribution in [0.5, 0.6) is 0 Å². The van der Waals surface area contributed by atoms with Crippen molar-refractivity contribution in [2.45, 2.75) is 24.2 Å². The van der Waals surface area contributed by atoms with E-state index >= 15 is 0 Å². The van der Waals surface area contributed by atoms with E-state index in [1.54, 1.807) is 18.1 Å². The van der Waals surface area contributed by atoms with Gasteiger partial charge in [-0.1, -0.05) is 43.0 Å². The van der Waals surface area contributed by atoms with E-state index < -0.39 is 0 Å². The molecule has 1 heterocycles. The molecule has 2 rings (SSSR count). The number of aryl methyl sites for hydroxylation is 1. The van der Waals surface area contributed by atoms with Crippen LogP contribution in [-0.4, -0.2) is 21.7 Å². The van der Waals surface area contributed by atoms with E-state index in [0.717, 1.165) is 16.6 Å². The number of nitrogens with one attached hydrogen (secondary N) is 1. The maximum absolute atomic E-state index is 4.21. The average molecular weight is 279 g/mol. The molecule has 1 atom stereocenters. The highest BCUT2D eigenvalue weighted by Gasteiger charge is 2.13. The molecular formula is C13H17N3S2. The summed E-state index contributed by atoms with van der Waals surface area (Å²) in [6.45, 7) is 5.27. The maximum atomic E-state index is 4.21. The molecule has 3 nitrogen and oxygen atoms in total. The average Bonchev–Trinajstić information content (AvgIpc) is 2.88. The van der Waals surface area contributed by atoms with Gasteiger partial charge in [0.05, 0.1) is 0 Å². The van der Waals surface area contributed by atoms with Crippen LogP contribution in [0.15, 0.2) is 34.9 Å². The Labute approximate surface area is 116 Å². The minimum Gasteiger partial charge on any atom is -0.309 e. The first-order chi connectivity index (χ1) is 8.81. The van der Waals surface area contributed by atoms with Crippen LogP contribution >= 0.6 is 23.3 Å². The molecule has 0 saturated heterocycles. The van der Waals surface area contributed by atoms with Crippen LogP contribution in [0.1, 0.15) is 24.1 Å². The van der Waals surface area contributed by atoms with Crippen LogP contribution < -0.4 is 5.32 Å². The summed E-state index contributed by atoms with van der Waals surface area (Å²) in [6, 6.07) is 8.91. The number of benzene rings is 1. The van der Waals surface area contributed by atoms with Crippen LogP contribution in [0.3, 0.4) is 0 Å². The van der Waals surface area contributed by atoms with Gasteiger partial charge in [-0.25, -0.2) is 4.98 Å². The van der Waals surface area contributed by atoms with Gasteiger partial charge < -0.3 is 5.32 Å². The minimum absolute atomic E-state index is 0.366. The number of hydrogen-bond donors (Lipinski definition) is 1. The fourth-order valence-electron chi connectivity index (χ4n) is 1.86. The van der Waals surface area contributed by atoms with Gasteiger partial charge >= 0.3 is 0 Å². The second kappa shape index (κ2) is 6.87. The lowest BCUT2D eigenvalue weighted by atomic mass is 10.0. The predicted octanol–water partition coefficient (Wildman–Crippen LogP) is 3.29. The van der Waals surface area contributed by atoms with E-state index in [-0.39, 0.29) is 0 Å². The molecular weight excluding hydrogens is 262 g/mol. The highest BCUT2D eigenvalue weighted by molar-refractivity contribution is 8.00. The van der Waals surface area contributed by atoms with Gasteiger partial charge in [0.1, 0.15) is 6.33 Å². The topological polar surface area (TPSA) is 37.8 Å². The van der Waals surface area contributed by atoms with Crippen LogP contribution in [0.4, 0.5) is 0 Å². The van der Waals surface area contributed by atoms with Crippen molar-refractivity contribution < 1.29 is 0 Å². The number of nitrogens with zero attached hydrogens (tertiary/aromatic N) is 2. The Balaban J connectivity index is 2.06. The summed E-state index contributed by atoms with van der Waals surface area (Å²) in [5.74, 6) is 0.980. The van der Waals surface area contributed by atoms with Crippen molar-refractivity contribution in [3.63, 3.8) is 0 Å². The molecule has 0 saturated carbocycles. The third-order valence-electron chi connectivity index (χ3n) is 2.73. The zero-order valence-electron chi connectivity index (χ0n) is 10.6. The molecule has 0 fully saturated rings. The monoisotopic (exact) mass is 279 g/mol. The lowest BCUT2D eigenvalue weighted by Gasteiger charge is -2.19. The van der Waals surface area contributed by atoms with Gasteiger partial charge in [-0.15, -0.1) is 0 Å². The van der Waals surface area contributed by atoms with Crippen molar-refractivity contribution in [1.82, 2.24) is 14.7 Å². The fourth-order valence-corrected chi connectivity index (χ4v) is 3.42. The Hall–Kier alpha value is -0.910. The maximum Gasteiger partial charge on any atom is 0.169 e. The summed E-state index contributed by atoms with van der Waals surface area (Å²) in [7, 11) is 0. The minimum atomic E-state index is 0.366. The Morgan fingerprint density at radius 1 is 1.39 bits per heavy atom. The van der Waals surface area contributed by atoms with Crippen molar-refractivity contribution in [1.29, 1.82) is 0 Å². The summed E-state index contributed by atoms with van der Waals surface area (Å²) in [6.07, 6.45) is 1.61. The molecule has 1 N–H and O–H groups in total. The van der Waals surface area contributed by atoms with Crippen LogP contribution in [0.25, 0.3) is 0 Å². The Kier molecular flexibility index (Phi) is 5.16. The molecule has 0 spiro atoms.